The first-order valence-electron chi connectivity index (χ1n) is 9.21. The van der Waals surface area contributed by atoms with Crippen LogP contribution in [0, 0.1) is 0 Å². The van der Waals surface area contributed by atoms with Gasteiger partial charge in [-0.05, 0) is 18.6 Å². The first-order valence-corrected chi connectivity index (χ1v) is 9.21. The van der Waals surface area contributed by atoms with Gasteiger partial charge in [0, 0.05) is 6.54 Å². The predicted octanol–water partition coefficient (Wildman–Crippen LogP) is 3.86. The van der Waals surface area contributed by atoms with Crippen molar-refractivity contribution in [1.82, 2.24) is 14.3 Å². The van der Waals surface area contributed by atoms with Crippen LogP contribution < -0.4 is 11.4 Å². The van der Waals surface area contributed by atoms with Gasteiger partial charge in [-0.1, -0.05) is 76.5 Å². The third-order valence-corrected chi connectivity index (χ3v) is 4.36. The Morgan fingerprint density at radius 1 is 0.792 bits per heavy atom. The zero-order chi connectivity index (χ0) is 17.2. The van der Waals surface area contributed by atoms with Gasteiger partial charge in [-0.15, -0.1) is 0 Å². The monoisotopic (exact) mass is 331 g/mol. The van der Waals surface area contributed by atoms with Crippen LogP contribution >= 0.6 is 0 Å². The molecular weight excluding hydrogens is 302 g/mol. The van der Waals surface area contributed by atoms with Gasteiger partial charge in [-0.25, -0.2) is 14.3 Å². The lowest BCUT2D eigenvalue weighted by Gasteiger charge is -2.09. The molecule has 1 N–H and O–H groups in total. The summed E-state index contributed by atoms with van der Waals surface area (Å²) < 4.78 is 2.95. The summed E-state index contributed by atoms with van der Waals surface area (Å²) in [5.74, 6) is 0. The molecule has 0 aliphatic heterocycles. The summed E-state index contributed by atoms with van der Waals surface area (Å²) in [6.45, 7) is 2.81. The molecule has 0 amide bonds. The standard InChI is InChI=1S/C19H29N3O2/c1-2-3-4-5-6-7-8-9-13-16-21-18(23)20-19(24)22(21)17-14-11-10-12-15-17/h10-12,14-15H,2-9,13,16H2,1H3,(H,20,23,24). The van der Waals surface area contributed by atoms with Crippen molar-refractivity contribution in [2.24, 2.45) is 0 Å². The molecule has 2 rings (SSSR count). The second kappa shape index (κ2) is 9.96. The van der Waals surface area contributed by atoms with E-state index >= 15 is 0 Å². The van der Waals surface area contributed by atoms with E-state index in [4.69, 9.17) is 0 Å². The van der Waals surface area contributed by atoms with Crippen molar-refractivity contribution in [1.29, 1.82) is 0 Å². The van der Waals surface area contributed by atoms with Crippen molar-refractivity contribution < 1.29 is 0 Å². The van der Waals surface area contributed by atoms with E-state index in [1.165, 1.54) is 54.3 Å². The summed E-state index contributed by atoms with van der Waals surface area (Å²) in [7, 11) is 0. The van der Waals surface area contributed by atoms with Crippen molar-refractivity contribution in [3.8, 4) is 5.69 Å². The van der Waals surface area contributed by atoms with Gasteiger partial charge in [-0.2, -0.15) is 4.68 Å². The number of para-hydroxylation sites is 1. The minimum Gasteiger partial charge on any atom is -0.256 e. The van der Waals surface area contributed by atoms with Crippen LogP contribution in [0.5, 0.6) is 0 Å². The summed E-state index contributed by atoms with van der Waals surface area (Å²) in [5, 5.41) is 0. The average Bonchev–Trinajstić information content (AvgIpc) is 2.87. The highest BCUT2D eigenvalue weighted by Crippen LogP contribution is 2.10. The maximum Gasteiger partial charge on any atom is 0.349 e. The Labute approximate surface area is 143 Å². The van der Waals surface area contributed by atoms with Gasteiger partial charge in [-0.3, -0.25) is 4.98 Å². The molecule has 1 heterocycles. The van der Waals surface area contributed by atoms with E-state index in [1.807, 2.05) is 30.3 Å². The SMILES string of the molecule is CCCCCCCCCCCn1c(=O)[nH]c(=O)n1-c1ccccc1. The smallest absolute Gasteiger partial charge is 0.256 e. The first kappa shape index (κ1) is 18.3. The van der Waals surface area contributed by atoms with Crippen LogP contribution in [0.4, 0.5) is 0 Å². The molecule has 0 spiro atoms. The molecule has 0 fully saturated rings. The fourth-order valence-corrected chi connectivity index (χ4v) is 3.01. The van der Waals surface area contributed by atoms with Crippen LogP contribution in [0.3, 0.4) is 0 Å². The van der Waals surface area contributed by atoms with Crippen LogP contribution in [-0.4, -0.2) is 14.3 Å². The Hall–Kier alpha value is -2.04. The molecule has 0 bridgehead atoms. The molecule has 2 aromatic rings. The fraction of sp³-hybridized carbons (Fsp3) is 0.579. The molecule has 1 aromatic carbocycles. The quantitative estimate of drug-likeness (QED) is 0.636. The molecule has 0 saturated carbocycles. The molecule has 0 unspecified atom stereocenters. The van der Waals surface area contributed by atoms with Gasteiger partial charge >= 0.3 is 11.4 Å². The molecule has 5 nitrogen and oxygen atoms in total. The van der Waals surface area contributed by atoms with Gasteiger partial charge < -0.3 is 0 Å². The number of aromatic amines is 1. The molecule has 0 aliphatic carbocycles. The Morgan fingerprint density at radius 2 is 1.38 bits per heavy atom. The lowest BCUT2D eigenvalue weighted by atomic mass is 10.1. The lowest BCUT2D eigenvalue weighted by molar-refractivity contribution is 0.477. The Morgan fingerprint density at radius 3 is 2.00 bits per heavy atom. The zero-order valence-corrected chi connectivity index (χ0v) is 14.7. The second-order valence-electron chi connectivity index (χ2n) is 6.33. The number of benzene rings is 1. The fourth-order valence-electron chi connectivity index (χ4n) is 3.01. The van der Waals surface area contributed by atoms with E-state index < -0.39 is 0 Å². The highest BCUT2D eigenvalue weighted by atomic mass is 16.2. The Balaban J connectivity index is 1.81. The third-order valence-electron chi connectivity index (χ3n) is 4.36. The normalized spacial score (nSPS) is 11.0. The molecule has 5 heteroatoms. The maximum atomic E-state index is 12.0. The van der Waals surface area contributed by atoms with Gasteiger partial charge in [0.05, 0.1) is 5.69 Å². The van der Waals surface area contributed by atoms with Gasteiger partial charge in [0.2, 0.25) is 0 Å². The highest BCUT2D eigenvalue weighted by Gasteiger charge is 2.10. The van der Waals surface area contributed by atoms with Crippen LogP contribution in [0.25, 0.3) is 5.69 Å². The van der Waals surface area contributed by atoms with Crippen molar-refractivity contribution >= 4 is 0 Å². The van der Waals surface area contributed by atoms with Crippen molar-refractivity contribution in [3.63, 3.8) is 0 Å². The van der Waals surface area contributed by atoms with E-state index in [-0.39, 0.29) is 11.4 Å². The molecule has 0 aliphatic rings. The summed E-state index contributed by atoms with van der Waals surface area (Å²) in [6.07, 6.45) is 11.1. The van der Waals surface area contributed by atoms with E-state index in [9.17, 15) is 9.59 Å². The average molecular weight is 331 g/mol. The molecule has 0 atom stereocenters. The lowest BCUT2D eigenvalue weighted by Crippen LogP contribution is -2.25. The van der Waals surface area contributed by atoms with E-state index in [0.717, 1.165) is 18.5 Å². The maximum absolute atomic E-state index is 12.0. The number of unbranched alkanes of at least 4 members (excludes halogenated alkanes) is 8. The summed E-state index contributed by atoms with van der Waals surface area (Å²) in [4.78, 5) is 26.4. The second-order valence-corrected chi connectivity index (χ2v) is 6.33. The number of hydrogen-bond acceptors (Lipinski definition) is 2. The third kappa shape index (κ3) is 5.25. The number of aromatic nitrogens is 3. The van der Waals surface area contributed by atoms with Crippen LogP contribution in [-0.2, 0) is 6.54 Å². The number of nitrogens with one attached hydrogen (secondary N) is 1. The van der Waals surface area contributed by atoms with Crippen molar-refractivity contribution in [2.45, 2.75) is 71.3 Å². The summed E-state index contributed by atoms with van der Waals surface area (Å²) in [6, 6.07) is 9.29. The number of nitrogens with zero attached hydrogens (tertiary/aromatic N) is 2. The highest BCUT2D eigenvalue weighted by molar-refractivity contribution is 5.29. The van der Waals surface area contributed by atoms with E-state index in [1.54, 1.807) is 0 Å². The molecular formula is C19H29N3O2. The number of rotatable bonds is 11. The number of H-pyrrole nitrogens is 1. The molecule has 24 heavy (non-hydrogen) atoms. The minimum atomic E-state index is -0.373. The largest absolute Gasteiger partial charge is 0.349 e. The van der Waals surface area contributed by atoms with Crippen LogP contribution in [0.1, 0.15) is 64.7 Å². The number of hydrogen-bond donors (Lipinski definition) is 1. The van der Waals surface area contributed by atoms with Crippen molar-refractivity contribution in [3.05, 3.63) is 51.3 Å². The first-order chi connectivity index (χ1) is 11.7. The molecule has 1 aromatic heterocycles. The van der Waals surface area contributed by atoms with Gasteiger partial charge in [0.1, 0.15) is 0 Å². The Kier molecular flexibility index (Phi) is 7.59. The van der Waals surface area contributed by atoms with Gasteiger partial charge in [0.25, 0.3) is 0 Å². The topological polar surface area (TPSA) is 59.8 Å². The van der Waals surface area contributed by atoms with E-state index in [0.29, 0.717) is 6.54 Å². The van der Waals surface area contributed by atoms with Crippen LogP contribution in [0.2, 0.25) is 0 Å². The minimum absolute atomic E-state index is 0.330. The van der Waals surface area contributed by atoms with Crippen LogP contribution in [0.15, 0.2) is 39.9 Å². The molecule has 132 valence electrons. The van der Waals surface area contributed by atoms with Crippen molar-refractivity contribution in [2.75, 3.05) is 0 Å². The Bertz CT molecular complexity index is 697. The molecule has 0 saturated heterocycles. The summed E-state index contributed by atoms with van der Waals surface area (Å²) in [5.41, 5.74) is 0.0160. The zero-order valence-electron chi connectivity index (χ0n) is 14.7. The predicted molar refractivity (Wildman–Crippen MR) is 97.9 cm³/mol. The van der Waals surface area contributed by atoms with Gasteiger partial charge in [0.15, 0.2) is 0 Å². The van der Waals surface area contributed by atoms with E-state index in [2.05, 4.69) is 11.9 Å². The summed E-state index contributed by atoms with van der Waals surface area (Å²) >= 11 is 0. The molecule has 0 radical (unpaired) electrons.